The molecule has 1 aliphatic heterocycles. The van der Waals surface area contributed by atoms with Crippen LogP contribution in [0.15, 0.2) is 72.8 Å². The number of esters is 1. The van der Waals surface area contributed by atoms with E-state index in [1.54, 1.807) is 63.2 Å². The maximum Gasteiger partial charge on any atom is 0.337 e. The molecule has 9 heteroatoms. The number of methoxy groups -OCH3 is 1. The number of primary amides is 1. The number of amides is 3. The zero-order valence-corrected chi connectivity index (χ0v) is 22.2. The third kappa shape index (κ3) is 5.24. The zero-order valence-electron chi connectivity index (χ0n) is 22.2. The number of nitrogens with one attached hydrogen (secondary N) is 2. The Morgan fingerprint density at radius 1 is 0.974 bits per heavy atom. The number of fused-ring (bicyclic) bond motifs is 1. The summed E-state index contributed by atoms with van der Waals surface area (Å²) in [5, 5.41) is 6.20. The van der Waals surface area contributed by atoms with Crippen molar-refractivity contribution in [1.82, 2.24) is 0 Å². The summed E-state index contributed by atoms with van der Waals surface area (Å²) in [6.45, 7) is 4.93. The van der Waals surface area contributed by atoms with Crippen molar-refractivity contribution in [2.24, 2.45) is 5.73 Å². The Morgan fingerprint density at radius 3 is 2.23 bits per heavy atom. The summed E-state index contributed by atoms with van der Waals surface area (Å²) in [6, 6.07) is 21.3. The highest BCUT2D eigenvalue weighted by Crippen LogP contribution is 2.38. The molecule has 0 radical (unpaired) electrons. The molecule has 4 N–H and O–H groups in total. The maximum absolute atomic E-state index is 13.2. The number of anilines is 3. The third-order valence-corrected chi connectivity index (χ3v) is 6.61. The lowest BCUT2D eigenvalue weighted by atomic mass is 9.98. The van der Waals surface area contributed by atoms with Crippen LogP contribution in [0.3, 0.4) is 0 Å². The second-order valence-electron chi connectivity index (χ2n) is 9.50. The van der Waals surface area contributed by atoms with Gasteiger partial charge in [0.05, 0.1) is 29.6 Å². The van der Waals surface area contributed by atoms with Gasteiger partial charge in [0.25, 0.3) is 5.91 Å². The second-order valence-corrected chi connectivity index (χ2v) is 9.50. The first kappa shape index (κ1) is 27.1. The Bertz CT molecular complexity index is 1480. The fourth-order valence-corrected chi connectivity index (χ4v) is 4.43. The van der Waals surface area contributed by atoms with Gasteiger partial charge in [-0.1, -0.05) is 43.3 Å². The molecule has 1 heterocycles. The Hall–Kier alpha value is -4.92. The van der Waals surface area contributed by atoms with E-state index in [1.165, 1.54) is 12.0 Å². The number of benzene rings is 3. The van der Waals surface area contributed by atoms with Gasteiger partial charge in [0.15, 0.2) is 0 Å². The molecule has 1 aliphatic rings. The fourth-order valence-electron chi connectivity index (χ4n) is 4.43. The average Bonchev–Trinajstić information content (AvgIpc) is 3.26. The van der Waals surface area contributed by atoms with Crippen LogP contribution in [0.5, 0.6) is 0 Å². The molecule has 200 valence electrons. The van der Waals surface area contributed by atoms with Crippen LogP contribution in [-0.4, -0.2) is 36.3 Å². The average molecular weight is 527 g/mol. The van der Waals surface area contributed by atoms with E-state index in [2.05, 4.69) is 10.6 Å². The summed E-state index contributed by atoms with van der Waals surface area (Å²) >= 11 is 0. The molecule has 0 fully saturated rings. The molecule has 0 aromatic heterocycles. The number of nitrogens with two attached hydrogens (primary N) is 1. The van der Waals surface area contributed by atoms with E-state index < -0.39 is 17.4 Å². The molecule has 0 spiro atoms. The molecule has 3 amide bonds. The SMILES string of the molecule is CCC(=O)N(c1ccc(NC(=C2C(=O)Nc3cc(C(=O)OC)ccc32)c2ccccc2)cc1)C(C)(C)C(N)=O. The summed E-state index contributed by atoms with van der Waals surface area (Å²) in [5.74, 6) is -1.68. The van der Waals surface area contributed by atoms with Crippen molar-refractivity contribution in [2.45, 2.75) is 32.7 Å². The van der Waals surface area contributed by atoms with Crippen molar-refractivity contribution in [3.63, 3.8) is 0 Å². The first-order valence-electron chi connectivity index (χ1n) is 12.4. The van der Waals surface area contributed by atoms with Gasteiger partial charge in [-0.3, -0.25) is 19.3 Å². The molecule has 39 heavy (non-hydrogen) atoms. The van der Waals surface area contributed by atoms with Crippen LogP contribution in [0, 0.1) is 0 Å². The van der Waals surface area contributed by atoms with E-state index in [0.717, 1.165) is 5.56 Å². The number of ether oxygens (including phenoxy) is 1. The molecular weight excluding hydrogens is 496 g/mol. The van der Waals surface area contributed by atoms with Crippen LogP contribution >= 0.6 is 0 Å². The van der Waals surface area contributed by atoms with Crippen molar-refractivity contribution in [1.29, 1.82) is 0 Å². The predicted molar refractivity (Wildman–Crippen MR) is 151 cm³/mol. The van der Waals surface area contributed by atoms with Crippen LogP contribution in [0.1, 0.15) is 48.7 Å². The molecule has 3 aromatic rings. The van der Waals surface area contributed by atoms with Gasteiger partial charge >= 0.3 is 5.97 Å². The second kappa shape index (κ2) is 10.8. The van der Waals surface area contributed by atoms with Crippen LogP contribution < -0.4 is 21.3 Å². The normalized spacial score (nSPS) is 13.7. The van der Waals surface area contributed by atoms with Gasteiger partial charge < -0.3 is 21.1 Å². The lowest BCUT2D eigenvalue weighted by Gasteiger charge is -2.36. The highest BCUT2D eigenvalue weighted by atomic mass is 16.5. The molecule has 0 unspecified atom stereocenters. The quantitative estimate of drug-likeness (QED) is 0.294. The topological polar surface area (TPSA) is 131 Å². The molecule has 0 bridgehead atoms. The summed E-state index contributed by atoms with van der Waals surface area (Å²) in [7, 11) is 1.30. The van der Waals surface area contributed by atoms with Crippen molar-refractivity contribution in [2.75, 3.05) is 22.6 Å². The maximum atomic E-state index is 13.2. The van der Waals surface area contributed by atoms with Crippen molar-refractivity contribution >= 4 is 52.0 Å². The third-order valence-electron chi connectivity index (χ3n) is 6.61. The minimum absolute atomic E-state index is 0.202. The molecule has 9 nitrogen and oxygen atoms in total. The Morgan fingerprint density at radius 2 is 1.64 bits per heavy atom. The monoisotopic (exact) mass is 526 g/mol. The number of rotatable bonds is 8. The van der Waals surface area contributed by atoms with Gasteiger partial charge in [-0.25, -0.2) is 4.79 Å². The van der Waals surface area contributed by atoms with E-state index in [0.29, 0.717) is 39.5 Å². The summed E-state index contributed by atoms with van der Waals surface area (Å²) < 4.78 is 4.80. The van der Waals surface area contributed by atoms with Gasteiger partial charge in [-0.15, -0.1) is 0 Å². The predicted octanol–water partition coefficient (Wildman–Crippen LogP) is 4.41. The van der Waals surface area contributed by atoms with Crippen LogP contribution in [-0.2, 0) is 19.1 Å². The molecule has 0 saturated carbocycles. The number of hydrogen-bond donors (Lipinski definition) is 3. The van der Waals surface area contributed by atoms with Crippen LogP contribution in [0.2, 0.25) is 0 Å². The van der Waals surface area contributed by atoms with Gasteiger partial charge in [-0.05, 0) is 55.8 Å². The van der Waals surface area contributed by atoms with E-state index in [4.69, 9.17) is 10.5 Å². The molecule has 0 saturated heterocycles. The number of nitrogens with zero attached hydrogens (tertiary/aromatic N) is 1. The Labute approximate surface area is 226 Å². The molecule has 4 rings (SSSR count). The molecule has 3 aromatic carbocycles. The first-order valence-corrected chi connectivity index (χ1v) is 12.4. The highest BCUT2D eigenvalue weighted by Gasteiger charge is 2.36. The molecule has 0 atom stereocenters. The minimum atomic E-state index is -1.23. The Kier molecular flexibility index (Phi) is 7.53. The summed E-state index contributed by atoms with van der Waals surface area (Å²) in [6.07, 6.45) is 0.202. The number of carbonyl (C=O) groups excluding carboxylic acids is 4. The van der Waals surface area contributed by atoms with Crippen molar-refractivity contribution in [3.8, 4) is 0 Å². The largest absolute Gasteiger partial charge is 0.465 e. The Balaban J connectivity index is 1.77. The van der Waals surface area contributed by atoms with Gasteiger partial charge in [0.1, 0.15) is 5.54 Å². The van der Waals surface area contributed by atoms with E-state index in [1.807, 2.05) is 30.3 Å². The van der Waals surface area contributed by atoms with Crippen LogP contribution in [0.25, 0.3) is 11.3 Å². The van der Waals surface area contributed by atoms with E-state index in [-0.39, 0.29) is 18.2 Å². The number of hydrogen-bond acceptors (Lipinski definition) is 6. The molecule has 0 aliphatic carbocycles. The summed E-state index contributed by atoms with van der Waals surface area (Å²) in [4.78, 5) is 51.5. The van der Waals surface area contributed by atoms with Gasteiger partial charge in [0.2, 0.25) is 11.8 Å². The molecular formula is C30H30N4O5. The van der Waals surface area contributed by atoms with Crippen LogP contribution in [0.4, 0.5) is 17.1 Å². The lowest BCUT2D eigenvalue weighted by molar-refractivity contribution is -0.127. The smallest absolute Gasteiger partial charge is 0.337 e. The van der Waals surface area contributed by atoms with E-state index in [9.17, 15) is 19.2 Å². The fraction of sp³-hybridized carbons (Fsp3) is 0.200. The van der Waals surface area contributed by atoms with Gasteiger partial charge in [-0.2, -0.15) is 0 Å². The van der Waals surface area contributed by atoms with Crippen molar-refractivity contribution < 1.29 is 23.9 Å². The van der Waals surface area contributed by atoms with Gasteiger partial charge in [0, 0.05) is 23.4 Å². The highest BCUT2D eigenvalue weighted by molar-refractivity contribution is 6.37. The first-order chi connectivity index (χ1) is 18.6. The number of carbonyl (C=O) groups is 4. The standard InChI is InChI=1S/C30H30N4O5/c1-5-24(35)34(30(2,3)29(31)38)21-14-12-20(13-15-21)32-26(18-9-7-6-8-10-18)25-22-16-11-19(28(37)39-4)17-23(22)33-27(25)36/h6-17,32H,5H2,1-4H3,(H2,31,38)(H,33,36). The zero-order chi connectivity index (χ0) is 28.3. The van der Waals surface area contributed by atoms with E-state index >= 15 is 0 Å². The van der Waals surface area contributed by atoms with Crippen molar-refractivity contribution in [3.05, 3.63) is 89.5 Å². The lowest BCUT2D eigenvalue weighted by Crippen LogP contribution is -2.56. The summed E-state index contributed by atoms with van der Waals surface area (Å²) in [5.41, 5.74) is 8.76. The minimum Gasteiger partial charge on any atom is -0.465 e.